The summed E-state index contributed by atoms with van der Waals surface area (Å²) in [5.41, 5.74) is 3.80. The van der Waals surface area contributed by atoms with Crippen molar-refractivity contribution in [3.63, 3.8) is 0 Å². The number of hydrogen-bond donors (Lipinski definition) is 1. The van der Waals surface area contributed by atoms with E-state index in [2.05, 4.69) is 61.6 Å². The number of likely N-dealkylation sites (N-methyl/N-ethyl adjacent to an activating group) is 1. The zero-order chi connectivity index (χ0) is 14.4. The van der Waals surface area contributed by atoms with Crippen molar-refractivity contribution in [1.82, 2.24) is 5.32 Å². The number of aryl methyl sites for hydroxylation is 1. The fraction of sp³-hybridized carbons (Fsp3) is 0.333. The van der Waals surface area contributed by atoms with Gasteiger partial charge in [-0.2, -0.15) is 0 Å². The second kappa shape index (κ2) is 7.47. The molecule has 0 saturated carbocycles. The zero-order valence-electron chi connectivity index (χ0n) is 12.2. The van der Waals surface area contributed by atoms with Gasteiger partial charge in [-0.25, -0.2) is 0 Å². The summed E-state index contributed by atoms with van der Waals surface area (Å²) in [7, 11) is 0. The summed E-state index contributed by atoms with van der Waals surface area (Å²) in [6.07, 6.45) is 0.968. The highest BCUT2D eigenvalue weighted by molar-refractivity contribution is 6.31. The third-order valence-electron chi connectivity index (χ3n) is 3.59. The van der Waals surface area contributed by atoms with Gasteiger partial charge in [-0.05, 0) is 42.6 Å². The molecule has 1 atom stereocenters. The Bertz CT molecular complexity index is 536. The monoisotopic (exact) mass is 287 g/mol. The molecule has 1 N–H and O–H groups in total. The zero-order valence-corrected chi connectivity index (χ0v) is 13.0. The molecule has 0 fully saturated rings. The molecule has 1 nitrogen and oxygen atoms in total. The van der Waals surface area contributed by atoms with E-state index in [0.29, 0.717) is 5.92 Å². The Kier molecular flexibility index (Phi) is 5.63. The molecule has 0 spiro atoms. The van der Waals surface area contributed by atoms with Gasteiger partial charge in [0.05, 0.1) is 0 Å². The van der Waals surface area contributed by atoms with Gasteiger partial charge in [-0.3, -0.25) is 0 Å². The molecular formula is C18H22ClN. The minimum absolute atomic E-state index is 0.455. The molecule has 2 rings (SSSR count). The minimum atomic E-state index is 0.455. The Labute approximate surface area is 127 Å². The van der Waals surface area contributed by atoms with Crippen LogP contribution < -0.4 is 5.32 Å². The lowest BCUT2D eigenvalue weighted by molar-refractivity contribution is 0.595. The van der Waals surface area contributed by atoms with Gasteiger partial charge >= 0.3 is 0 Å². The lowest BCUT2D eigenvalue weighted by atomic mass is 9.91. The average Bonchev–Trinajstić information content (AvgIpc) is 2.46. The van der Waals surface area contributed by atoms with E-state index in [1.165, 1.54) is 16.7 Å². The second-order valence-electron chi connectivity index (χ2n) is 5.21. The summed E-state index contributed by atoms with van der Waals surface area (Å²) in [6.45, 7) is 6.18. The maximum absolute atomic E-state index is 6.37. The molecule has 0 aliphatic heterocycles. The third kappa shape index (κ3) is 4.09. The predicted octanol–water partition coefficient (Wildman–Crippen LogP) is 4.58. The van der Waals surface area contributed by atoms with Crippen LogP contribution in [-0.2, 0) is 6.42 Å². The SMILES string of the molecule is CCNCC(Cc1ccc(C)cc1Cl)c1ccccc1. The normalized spacial score (nSPS) is 12.3. The van der Waals surface area contributed by atoms with E-state index in [0.717, 1.165) is 24.5 Å². The molecule has 1 unspecified atom stereocenters. The van der Waals surface area contributed by atoms with Crippen LogP contribution in [-0.4, -0.2) is 13.1 Å². The molecular weight excluding hydrogens is 266 g/mol. The van der Waals surface area contributed by atoms with Crippen molar-refractivity contribution in [3.8, 4) is 0 Å². The van der Waals surface area contributed by atoms with Crippen LogP contribution in [0.2, 0.25) is 5.02 Å². The van der Waals surface area contributed by atoms with Crippen molar-refractivity contribution in [2.45, 2.75) is 26.2 Å². The van der Waals surface area contributed by atoms with Crippen molar-refractivity contribution >= 4 is 11.6 Å². The van der Waals surface area contributed by atoms with Crippen LogP contribution in [0.3, 0.4) is 0 Å². The van der Waals surface area contributed by atoms with Gasteiger partial charge in [0.25, 0.3) is 0 Å². The summed E-state index contributed by atoms with van der Waals surface area (Å²) in [6, 6.07) is 17.0. The van der Waals surface area contributed by atoms with E-state index in [1.807, 2.05) is 6.07 Å². The summed E-state index contributed by atoms with van der Waals surface area (Å²) in [4.78, 5) is 0. The summed E-state index contributed by atoms with van der Waals surface area (Å²) in [5.74, 6) is 0.455. The molecule has 0 saturated heterocycles. The van der Waals surface area contributed by atoms with E-state index >= 15 is 0 Å². The number of nitrogens with one attached hydrogen (secondary N) is 1. The Morgan fingerprint density at radius 1 is 1.10 bits per heavy atom. The lowest BCUT2D eigenvalue weighted by Crippen LogP contribution is -2.22. The Hall–Kier alpha value is -1.31. The van der Waals surface area contributed by atoms with Crippen LogP contribution in [0.15, 0.2) is 48.5 Å². The molecule has 0 heterocycles. The Morgan fingerprint density at radius 2 is 1.85 bits per heavy atom. The van der Waals surface area contributed by atoms with Crippen LogP contribution in [0, 0.1) is 6.92 Å². The molecule has 2 heteroatoms. The Morgan fingerprint density at radius 3 is 2.50 bits per heavy atom. The quantitative estimate of drug-likeness (QED) is 0.820. The fourth-order valence-corrected chi connectivity index (χ4v) is 2.75. The van der Waals surface area contributed by atoms with E-state index in [9.17, 15) is 0 Å². The molecule has 0 radical (unpaired) electrons. The van der Waals surface area contributed by atoms with Crippen LogP contribution in [0.1, 0.15) is 29.5 Å². The molecule has 0 aromatic heterocycles. The molecule has 2 aromatic rings. The summed E-state index contributed by atoms with van der Waals surface area (Å²) < 4.78 is 0. The predicted molar refractivity (Wildman–Crippen MR) is 87.6 cm³/mol. The van der Waals surface area contributed by atoms with Gasteiger partial charge < -0.3 is 5.32 Å². The van der Waals surface area contributed by atoms with Crippen molar-refractivity contribution < 1.29 is 0 Å². The number of hydrogen-bond acceptors (Lipinski definition) is 1. The first-order valence-corrected chi connectivity index (χ1v) is 7.59. The van der Waals surface area contributed by atoms with Crippen LogP contribution in [0.25, 0.3) is 0 Å². The van der Waals surface area contributed by atoms with Gasteiger partial charge in [-0.15, -0.1) is 0 Å². The molecule has 0 amide bonds. The highest BCUT2D eigenvalue weighted by atomic mass is 35.5. The van der Waals surface area contributed by atoms with Gasteiger partial charge in [0.1, 0.15) is 0 Å². The molecule has 0 aliphatic rings. The highest BCUT2D eigenvalue weighted by Crippen LogP contribution is 2.25. The van der Waals surface area contributed by atoms with Crippen LogP contribution in [0.4, 0.5) is 0 Å². The van der Waals surface area contributed by atoms with Gasteiger partial charge in [0.2, 0.25) is 0 Å². The molecule has 0 aliphatic carbocycles. The van der Waals surface area contributed by atoms with E-state index in [1.54, 1.807) is 0 Å². The minimum Gasteiger partial charge on any atom is -0.316 e. The molecule has 2 aromatic carbocycles. The standard InChI is InChI=1S/C18H22ClN/c1-3-20-13-17(15-7-5-4-6-8-15)12-16-10-9-14(2)11-18(16)19/h4-11,17,20H,3,12-13H2,1-2H3. The fourth-order valence-electron chi connectivity index (χ4n) is 2.43. The number of halogens is 1. The topological polar surface area (TPSA) is 12.0 Å². The molecule has 20 heavy (non-hydrogen) atoms. The van der Waals surface area contributed by atoms with Gasteiger partial charge in [0.15, 0.2) is 0 Å². The smallest absolute Gasteiger partial charge is 0.0440 e. The summed E-state index contributed by atoms with van der Waals surface area (Å²) in [5, 5.41) is 4.33. The van der Waals surface area contributed by atoms with Crippen molar-refractivity contribution in [3.05, 3.63) is 70.2 Å². The largest absolute Gasteiger partial charge is 0.316 e. The second-order valence-corrected chi connectivity index (χ2v) is 5.62. The van der Waals surface area contributed by atoms with Crippen molar-refractivity contribution in [2.75, 3.05) is 13.1 Å². The maximum Gasteiger partial charge on any atom is 0.0440 e. The van der Waals surface area contributed by atoms with Crippen molar-refractivity contribution in [1.29, 1.82) is 0 Å². The van der Waals surface area contributed by atoms with E-state index in [-0.39, 0.29) is 0 Å². The van der Waals surface area contributed by atoms with Gasteiger partial charge in [-0.1, -0.05) is 61.0 Å². The van der Waals surface area contributed by atoms with E-state index < -0.39 is 0 Å². The first-order chi connectivity index (χ1) is 9.70. The third-order valence-corrected chi connectivity index (χ3v) is 3.94. The lowest BCUT2D eigenvalue weighted by Gasteiger charge is -2.19. The first-order valence-electron chi connectivity index (χ1n) is 7.21. The van der Waals surface area contributed by atoms with E-state index in [4.69, 9.17) is 11.6 Å². The Balaban J connectivity index is 2.19. The molecule has 106 valence electrons. The van der Waals surface area contributed by atoms with Crippen LogP contribution >= 0.6 is 11.6 Å². The first kappa shape index (κ1) is 15.1. The number of benzene rings is 2. The summed E-state index contributed by atoms with van der Waals surface area (Å²) >= 11 is 6.37. The van der Waals surface area contributed by atoms with Crippen LogP contribution in [0.5, 0.6) is 0 Å². The molecule has 0 bridgehead atoms. The van der Waals surface area contributed by atoms with Gasteiger partial charge in [0, 0.05) is 17.5 Å². The average molecular weight is 288 g/mol. The maximum atomic E-state index is 6.37. The highest BCUT2D eigenvalue weighted by Gasteiger charge is 2.13. The number of rotatable bonds is 6. The van der Waals surface area contributed by atoms with Crippen molar-refractivity contribution in [2.24, 2.45) is 0 Å².